The van der Waals surface area contributed by atoms with Gasteiger partial charge in [0.15, 0.2) is 0 Å². The Morgan fingerprint density at radius 3 is 2.48 bits per heavy atom. The molecule has 0 bridgehead atoms. The van der Waals surface area contributed by atoms with Gasteiger partial charge in [-0.3, -0.25) is 4.79 Å². The molecule has 1 atom stereocenters. The molecule has 1 aromatic rings. The summed E-state index contributed by atoms with van der Waals surface area (Å²) in [4.78, 5) is 26.1. The summed E-state index contributed by atoms with van der Waals surface area (Å²) < 4.78 is 43.6. The number of piperidine rings is 1. The van der Waals surface area contributed by atoms with Crippen LogP contribution in [0, 0.1) is 0 Å². The number of nitrogens with one attached hydrogen (secondary N) is 1. The van der Waals surface area contributed by atoms with Gasteiger partial charge in [-0.1, -0.05) is 15.9 Å². The van der Waals surface area contributed by atoms with Gasteiger partial charge in [0.2, 0.25) is 0 Å². The average molecular weight is 451 g/mol. The lowest BCUT2D eigenvalue weighted by atomic mass is 10.0. The van der Waals surface area contributed by atoms with E-state index in [4.69, 9.17) is 4.74 Å². The van der Waals surface area contributed by atoms with E-state index in [1.165, 1.54) is 17.0 Å². The van der Waals surface area contributed by atoms with Gasteiger partial charge in [0, 0.05) is 29.2 Å². The van der Waals surface area contributed by atoms with E-state index in [1.54, 1.807) is 20.8 Å². The number of alkyl halides is 3. The predicted molar refractivity (Wildman–Crippen MR) is 97.4 cm³/mol. The van der Waals surface area contributed by atoms with Gasteiger partial charge in [0.1, 0.15) is 5.60 Å². The zero-order valence-corrected chi connectivity index (χ0v) is 16.9. The molecule has 1 heterocycles. The Labute approximate surface area is 164 Å². The molecule has 0 aliphatic carbocycles. The topological polar surface area (TPSA) is 58.6 Å². The first-order chi connectivity index (χ1) is 12.4. The summed E-state index contributed by atoms with van der Waals surface area (Å²) in [5, 5.41) is 2.74. The molecule has 0 spiro atoms. The fourth-order valence-electron chi connectivity index (χ4n) is 2.81. The summed E-state index contributed by atoms with van der Waals surface area (Å²) in [6.07, 6.45) is -3.68. The van der Waals surface area contributed by atoms with Crippen LogP contribution in [-0.4, -0.2) is 41.6 Å². The first-order valence-electron chi connectivity index (χ1n) is 8.52. The van der Waals surface area contributed by atoms with Gasteiger partial charge in [-0.2, -0.15) is 13.2 Å². The van der Waals surface area contributed by atoms with E-state index in [9.17, 15) is 22.8 Å². The van der Waals surface area contributed by atoms with Crippen molar-refractivity contribution in [3.63, 3.8) is 0 Å². The first kappa shape index (κ1) is 21.5. The fraction of sp³-hybridized carbons (Fsp3) is 0.556. The number of benzene rings is 1. The lowest BCUT2D eigenvalue weighted by molar-refractivity contribution is -0.138. The van der Waals surface area contributed by atoms with Crippen molar-refractivity contribution in [3.8, 4) is 0 Å². The molecule has 9 heteroatoms. The van der Waals surface area contributed by atoms with Gasteiger partial charge in [0.25, 0.3) is 5.91 Å². The van der Waals surface area contributed by atoms with Gasteiger partial charge in [-0.25, -0.2) is 4.79 Å². The first-order valence-corrected chi connectivity index (χ1v) is 9.31. The Hall–Kier alpha value is -1.77. The van der Waals surface area contributed by atoms with E-state index in [1.807, 2.05) is 0 Å². The second-order valence-electron chi connectivity index (χ2n) is 7.43. The minimum Gasteiger partial charge on any atom is -0.444 e. The predicted octanol–water partition coefficient (Wildman–Crippen LogP) is 4.60. The normalized spacial score (nSPS) is 18.2. The van der Waals surface area contributed by atoms with E-state index in [-0.39, 0.29) is 28.5 Å². The number of carbonyl (C=O) groups is 2. The summed E-state index contributed by atoms with van der Waals surface area (Å²) >= 11 is 2.88. The number of hydrogen-bond acceptors (Lipinski definition) is 3. The Bertz CT molecular complexity index is 717. The highest BCUT2D eigenvalue weighted by molar-refractivity contribution is 9.10. The number of amides is 2. The summed E-state index contributed by atoms with van der Waals surface area (Å²) in [5.74, 6) is -0.375. The monoisotopic (exact) mass is 450 g/mol. The van der Waals surface area contributed by atoms with Crippen molar-refractivity contribution in [2.75, 3.05) is 13.1 Å². The summed E-state index contributed by atoms with van der Waals surface area (Å²) in [5.41, 5.74) is -1.30. The largest absolute Gasteiger partial charge is 0.444 e. The molecule has 1 saturated heterocycles. The van der Waals surface area contributed by atoms with Crippen LogP contribution in [0.25, 0.3) is 0 Å². The van der Waals surface area contributed by atoms with Crippen LogP contribution >= 0.6 is 15.9 Å². The molecule has 1 aliphatic rings. The van der Waals surface area contributed by atoms with Crippen LogP contribution in [0.2, 0.25) is 0 Å². The van der Waals surface area contributed by atoms with E-state index >= 15 is 0 Å². The van der Waals surface area contributed by atoms with Crippen molar-refractivity contribution in [2.45, 2.75) is 51.4 Å². The quantitative estimate of drug-likeness (QED) is 0.716. The number of ether oxygens (including phenoxy) is 1. The molecule has 1 fully saturated rings. The average Bonchev–Trinajstić information content (AvgIpc) is 2.51. The second-order valence-corrected chi connectivity index (χ2v) is 8.28. The van der Waals surface area contributed by atoms with Crippen LogP contribution < -0.4 is 5.32 Å². The van der Waals surface area contributed by atoms with Crippen LogP contribution in [0.1, 0.15) is 49.5 Å². The van der Waals surface area contributed by atoms with Gasteiger partial charge in [0.05, 0.1) is 5.56 Å². The van der Waals surface area contributed by atoms with E-state index in [2.05, 4.69) is 21.2 Å². The Morgan fingerprint density at radius 2 is 1.93 bits per heavy atom. The van der Waals surface area contributed by atoms with Crippen molar-refractivity contribution < 1.29 is 27.5 Å². The molecule has 5 nitrogen and oxygen atoms in total. The minimum absolute atomic E-state index is 0.160. The standard InChI is InChI=1S/C18H22BrF3N2O3/c1-17(2,3)27-16(26)23-12-5-4-8-24(10-12)15(25)11-6-7-13(14(19)9-11)18(20,21)22/h6-7,9,12H,4-5,8,10H2,1-3H3,(H,23,26). The molecule has 0 radical (unpaired) electrons. The highest BCUT2D eigenvalue weighted by Crippen LogP contribution is 2.35. The van der Waals surface area contributed by atoms with Crippen molar-refractivity contribution in [3.05, 3.63) is 33.8 Å². The lowest BCUT2D eigenvalue weighted by Crippen LogP contribution is -2.50. The highest BCUT2D eigenvalue weighted by Gasteiger charge is 2.34. The number of halogens is 4. The second kappa shape index (κ2) is 8.08. The number of nitrogens with zero attached hydrogens (tertiary/aromatic N) is 1. The van der Waals surface area contributed by atoms with Crippen molar-refractivity contribution >= 4 is 27.9 Å². The maximum absolute atomic E-state index is 12.8. The molecular weight excluding hydrogens is 429 g/mol. The van der Waals surface area contributed by atoms with Gasteiger partial charge in [-0.15, -0.1) is 0 Å². The van der Waals surface area contributed by atoms with Crippen molar-refractivity contribution in [1.82, 2.24) is 10.2 Å². The third kappa shape index (κ3) is 6.12. The van der Waals surface area contributed by atoms with Crippen molar-refractivity contribution in [1.29, 1.82) is 0 Å². The molecule has 2 amide bonds. The Balaban J connectivity index is 2.04. The maximum atomic E-state index is 12.8. The van der Waals surface area contributed by atoms with E-state index in [0.717, 1.165) is 6.07 Å². The van der Waals surface area contributed by atoms with Crippen LogP contribution in [-0.2, 0) is 10.9 Å². The molecule has 1 unspecified atom stereocenters. The lowest BCUT2D eigenvalue weighted by Gasteiger charge is -2.33. The molecule has 2 rings (SSSR count). The molecular formula is C18H22BrF3N2O3. The zero-order valence-electron chi connectivity index (χ0n) is 15.3. The summed E-state index contributed by atoms with van der Waals surface area (Å²) in [6.45, 7) is 6.02. The highest BCUT2D eigenvalue weighted by atomic mass is 79.9. The Morgan fingerprint density at radius 1 is 1.26 bits per heavy atom. The molecule has 27 heavy (non-hydrogen) atoms. The number of alkyl carbamates (subject to hydrolysis) is 1. The molecule has 1 N–H and O–H groups in total. The molecule has 1 aliphatic heterocycles. The minimum atomic E-state index is -4.49. The van der Waals surface area contributed by atoms with E-state index in [0.29, 0.717) is 19.4 Å². The SMILES string of the molecule is CC(C)(C)OC(=O)NC1CCCN(C(=O)c2ccc(C(F)(F)F)c(Br)c2)C1. The molecule has 1 aromatic carbocycles. The summed E-state index contributed by atoms with van der Waals surface area (Å²) in [7, 11) is 0. The van der Waals surface area contributed by atoms with E-state index < -0.39 is 23.4 Å². The van der Waals surface area contributed by atoms with Crippen LogP contribution in [0.3, 0.4) is 0 Å². The van der Waals surface area contributed by atoms with Crippen LogP contribution in [0.4, 0.5) is 18.0 Å². The maximum Gasteiger partial charge on any atom is 0.417 e. The number of rotatable bonds is 2. The summed E-state index contributed by atoms with van der Waals surface area (Å²) in [6, 6.07) is 2.96. The molecule has 150 valence electrons. The van der Waals surface area contributed by atoms with Crippen LogP contribution in [0.15, 0.2) is 22.7 Å². The molecule has 0 saturated carbocycles. The smallest absolute Gasteiger partial charge is 0.417 e. The van der Waals surface area contributed by atoms with Crippen LogP contribution in [0.5, 0.6) is 0 Å². The number of likely N-dealkylation sites (tertiary alicyclic amines) is 1. The van der Waals surface area contributed by atoms with Crippen molar-refractivity contribution in [2.24, 2.45) is 0 Å². The third-order valence-corrected chi connectivity index (χ3v) is 4.61. The van der Waals surface area contributed by atoms with Gasteiger partial charge < -0.3 is 15.0 Å². The van der Waals surface area contributed by atoms with Gasteiger partial charge in [-0.05, 0) is 51.8 Å². The third-order valence-electron chi connectivity index (χ3n) is 3.95. The zero-order chi connectivity index (χ0) is 20.4. The Kier molecular flexibility index (Phi) is 6.44. The van der Waals surface area contributed by atoms with Gasteiger partial charge >= 0.3 is 12.3 Å². The number of hydrogen-bond donors (Lipinski definition) is 1. The number of carbonyl (C=O) groups excluding carboxylic acids is 2. The fourth-order valence-corrected chi connectivity index (χ4v) is 3.42. The molecule has 0 aromatic heterocycles.